The number of unbranched alkanes of at least 4 members (excludes halogenated alkanes) is 1. The molecular formula is C23H25F4N3O. The predicted molar refractivity (Wildman–Crippen MR) is 110 cm³/mol. The highest BCUT2D eigenvalue weighted by Gasteiger charge is 2.24. The van der Waals surface area contributed by atoms with E-state index in [1.54, 1.807) is 17.8 Å². The molecule has 8 heteroatoms. The summed E-state index contributed by atoms with van der Waals surface area (Å²) in [5, 5.41) is 7.49. The molecule has 1 aromatic heterocycles. The first-order valence-electron chi connectivity index (χ1n) is 10.2. The van der Waals surface area contributed by atoms with Crippen LogP contribution in [0.25, 0.3) is 0 Å². The lowest BCUT2D eigenvalue weighted by molar-refractivity contribution is 0.177. The summed E-state index contributed by atoms with van der Waals surface area (Å²) in [4.78, 5) is 0. The molecule has 0 radical (unpaired) electrons. The number of benzene rings is 2. The average molecular weight is 435 g/mol. The zero-order chi connectivity index (χ0) is 22.4. The van der Waals surface area contributed by atoms with Crippen LogP contribution in [0.1, 0.15) is 42.7 Å². The van der Waals surface area contributed by atoms with Crippen molar-refractivity contribution in [2.75, 3.05) is 7.05 Å². The van der Waals surface area contributed by atoms with Gasteiger partial charge in [-0.3, -0.25) is 0 Å². The molecule has 1 N–H and O–H groups in total. The molecule has 0 fully saturated rings. The lowest BCUT2D eigenvalue weighted by atomic mass is 10.00. The lowest BCUT2D eigenvalue weighted by Crippen LogP contribution is -2.17. The third-order valence-electron chi connectivity index (χ3n) is 4.88. The van der Waals surface area contributed by atoms with Gasteiger partial charge in [0.2, 0.25) is 5.88 Å². The molecule has 2 aromatic carbocycles. The smallest absolute Gasteiger partial charge is 0.212 e. The van der Waals surface area contributed by atoms with Gasteiger partial charge in [0.1, 0.15) is 17.7 Å². The first-order chi connectivity index (χ1) is 14.9. The van der Waals surface area contributed by atoms with Gasteiger partial charge in [-0.15, -0.1) is 0 Å². The van der Waals surface area contributed by atoms with Gasteiger partial charge >= 0.3 is 0 Å². The van der Waals surface area contributed by atoms with E-state index < -0.39 is 29.4 Å². The van der Waals surface area contributed by atoms with Crippen molar-refractivity contribution < 1.29 is 22.3 Å². The van der Waals surface area contributed by atoms with Crippen LogP contribution in [0.3, 0.4) is 0 Å². The number of rotatable bonds is 10. The molecule has 1 atom stereocenters. The Hall–Kier alpha value is -2.87. The summed E-state index contributed by atoms with van der Waals surface area (Å²) in [5.74, 6) is -3.05. The maximum Gasteiger partial charge on any atom is 0.212 e. The van der Waals surface area contributed by atoms with E-state index in [0.29, 0.717) is 24.7 Å². The van der Waals surface area contributed by atoms with Gasteiger partial charge in [-0.25, -0.2) is 22.2 Å². The second-order valence-electron chi connectivity index (χ2n) is 7.27. The van der Waals surface area contributed by atoms with Gasteiger partial charge in [-0.1, -0.05) is 25.5 Å². The molecule has 0 spiro atoms. The normalized spacial score (nSPS) is 12.2. The highest BCUT2D eigenvalue weighted by molar-refractivity contribution is 5.28. The van der Waals surface area contributed by atoms with Crippen LogP contribution >= 0.6 is 0 Å². The average Bonchev–Trinajstić information content (AvgIpc) is 3.12. The number of nitrogens with zero attached hydrogens (tertiary/aromatic N) is 2. The van der Waals surface area contributed by atoms with Crippen molar-refractivity contribution in [3.8, 4) is 5.88 Å². The molecule has 31 heavy (non-hydrogen) atoms. The van der Waals surface area contributed by atoms with Gasteiger partial charge in [-0.05, 0) is 43.3 Å². The summed E-state index contributed by atoms with van der Waals surface area (Å²) in [6.45, 7) is 3.10. The van der Waals surface area contributed by atoms with Crippen LogP contribution in [0.2, 0.25) is 0 Å². The fraction of sp³-hybridized carbons (Fsp3) is 0.348. The predicted octanol–water partition coefficient (Wildman–Crippen LogP) is 5.32. The molecule has 1 heterocycles. The third-order valence-corrected chi connectivity index (χ3v) is 4.88. The first-order valence-corrected chi connectivity index (χ1v) is 10.2. The Morgan fingerprint density at radius 1 is 1.06 bits per heavy atom. The molecule has 0 aliphatic rings. The van der Waals surface area contributed by atoms with Crippen molar-refractivity contribution in [3.05, 3.63) is 82.6 Å². The molecule has 0 amide bonds. The number of halogens is 4. The summed E-state index contributed by atoms with van der Waals surface area (Å²) in [6.07, 6.45) is 0.488. The Morgan fingerprint density at radius 2 is 1.87 bits per heavy atom. The van der Waals surface area contributed by atoms with Gasteiger partial charge in [0.15, 0.2) is 11.6 Å². The summed E-state index contributed by atoms with van der Waals surface area (Å²) in [6, 6.07) is 8.47. The van der Waals surface area contributed by atoms with Crippen molar-refractivity contribution in [2.24, 2.45) is 0 Å². The molecule has 4 nitrogen and oxygen atoms in total. The Balaban J connectivity index is 2.00. The minimum absolute atomic E-state index is 0.00346. The van der Waals surface area contributed by atoms with Crippen LogP contribution in [0.15, 0.2) is 42.5 Å². The molecule has 0 aliphatic carbocycles. The third kappa shape index (κ3) is 5.64. The molecule has 3 rings (SSSR count). The van der Waals surface area contributed by atoms with Crippen molar-refractivity contribution >= 4 is 0 Å². The maximum absolute atomic E-state index is 14.6. The Kier molecular flexibility index (Phi) is 7.68. The molecule has 0 saturated carbocycles. The summed E-state index contributed by atoms with van der Waals surface area (Å²) < 4.78 is 64.3. The topological polar surface area (TPSA) is 39.1 Å². The van der Waals surface area contributed by atoms with E-state index in [4.69, 9.17) is 4.74 Å². The summed E-state index contributed by atoms with van der Waals surface area (Å²) in [7, 11) is 1.78. The fourth-order valence-electron chi connectivity index (χ4n) is 3.31. The van der Waals surface area contributed by atoms with Crippen LogP contribution in [0.5, 0.6) is 5.88 Å². The molecule has 0 aliphatic heterocycles. The van der Waals surface area contributed by atoms with Crippen molar-refractivity contribution in [1.29, 1.82) is 0 Å². The Labute approximate surface area is 178 Å². The largest absolute Gasteiger partial charge is 0.469 e. The van der Waals surface area contributed by atoms with E-state index in [-0.39, 0.29) is 17.5 Å². The lowest BCUT2D eigenvalue weighted by Gasteiger charge is -2.21. The van der Waals surface area contributed by atoms with Crippen molar-refractivity contribution in [2.45, 2.75) is 45.4 Å². The zero-order valence-electron chi connectivity index (χ0n) is 17.5. The number of hydrogen-bond acceptors (Lipinski definition) is 3. The van der Waals surface area contributed by atoms with Crippen LogP contribution < -0.4 is 10.1 Å². The van der Waals surface area contributed by atoms with Gasteiger partial charge in [-0.2, -0.15) is 5.10 Å². The summed E-state index contributed by atoms with van der Waals surface area (Å²) in [5.41, 5.74) is 0.634. The quantitative estimate of drug-likeness (QED) is 0.438. The van der Waals surface area contributed by atoms with E-state index in [0.717, 1.165) is 37.1 Å². The SMILES string of the molecule is CCCCn1nc(CNC)cc1OC(Cc1cc(F)ccc1F)c1cccc(F)c1F. The molecular weight excluding hydrogens is 410 g/mol. The number of hydrogen-bond donors (Lipinski definition) is 1. The monoisotopic (exact) mass is 435 g/mol. The highest BCUT2D eigenvalue weighted by Crippen LogP contribution is 2.30. The van der Waals surface area contributed by atoms with Gasteiger partial charge < -0.3 is 10.1 Å². The van der Waals surface area contributed by atoms with E-state index in [1.807, 2.05) is 6.92 Å². The number of aryl methyl sites for hydroxylation is 1. The van der Waals surface area contributed by atoms with E-state index in [1.165, 1.54) is 12.1 Å². The van der Waals surface area contributed by atoms with Crippen LogP contribution in [-0.2, 0) is 19.5 Å². The Morgan fingerprint density at radius 3 is 2.61 bits per heavy atom. The van der Waals surface area contributed by atoms with Crippen LogP contribution in [-0.4, -0.2) is 16.8 Å². The summed E-state index contributed by atoms with van der Waals surface area (Å²) >= 11 is 0. The molecule has 0 bridgehead atoms. The minimum atomic E-state index is -1.09. The van der Waals surface area contributed by atoms with E-state index in [9.17, 15) is 17.6 Å². The number of nitrogens with one attached hydrogen (secondary N) is 1. The van der Waals surface area contributed by atoms with Crippen molar-refractivity contribution in [1.82, 2.24) is 15.1 Å². The molecule has 166 valence electrons. The van der Waals surface area contributed by atoms with Crippen molar-refractivity contribution in [3.63, 3.8) is 0 Å². The fourth-order valence-corrected chi connectivity index (χ4v) is 3.31. The second kappa shape index (κ2) is 10.4. The highest BCUT2D eigenvalue weighted by atomic mass is 19.2. The van der Waals surface area contributed by atoms with Gasteiger partial charge in [0.05, 0.1) is 5.69 Å². The standard InChI is InChI=1S/C23H25F4N3O/c1-3-4-10-30-22(13-17(29-30)14-28-2)31-21(18-6-5-7-20(26)23(18)27)12-15-11-16(24)8-9-19(15)25/h5-9,11,13,21,28H,3-4,10,12,14H2,1-2H3. The molecule has 0 saturated heterocycles. The minimum Gasteiger partial charge on any atom is -0.469 e. The van der Waals surface area contributed by atoms with Gasteiger partial charge in [0.25, 0.3) is 0 Å². The first kappa shape index (κ1) is 22.8. The van der Waals surface area contributed by atoms with E-state index in [2.05, 4.69) is 10.4 Å². The maximum atomic E-state index is 14.6. The van der Waals surface area contributed by atoms with Gasteiger partial charge in [0, 0.05) is 31.1 Å². The van der Waals surface area contributed by atoms with E-state index >= 15 is 0 Å². The number of ether oxygens (including phenoxy) is 1. The van der Waals surface area contributed by atoms with Crippen LogP contribution in [0, 0.1) is 23.3 Å². The second-order valence-corrected chi connectivity index (χ2v) is 7.27. The van der Waals surface area contributed by atoms with Crippen LogP contribution in [0.4, 0.5) is 17.6 Å². The molecule has 1 unspecified atom stereocenters. The zero-order valence-corrected chi connectivity index (χ0v) is 17.5. The molecule has 3 aromatic rings. The number of aromatic nitrogens is 2. The Bertz CT molecular complexity index is 1020.